The van der Waals surface area contributed by atoms with Crippen molar-refractivity contribution in [2.24, 2.45) is 0 Å². The van der Waals surface area contributed by atoms with Gasteiger partial charge in [0.2, 0.25) is 0 Å². The second kappa shape index (κ2) is 29.5. The standard InChI is InChI=1S/C29H59NO5/c1-2-3-4-5-6-7-11-14-20-27-35-29(33)21-16-15-18-23-30(24-25-31)22-17-12-9-8-10-13-19-26-34-28-32/h31-32H,2-28H2,1H3. The van der Waals surface area contributed by atoms with E-state index in [0.717, 1.165) is 51.7 Å². The summed E-state index contributed by atoms with van der Waals surface area (Å²) in [6.07, 6.45) is 23.4. The molecule has 0 aromatic rings. The van der Waals surface area contributed by atoms with Gasteiger partial charge in [-0.2, -0.15) is 0 Å². The summed E-state index contributed by atoms with van der Waals surface area (Å²) in [5, 5.41) is 17.9. The number of nitrogens with zero attached hydrogens (tertiary/aromatic N) is 1. The van der Waals surface area contributed by atoms with Crippen molar-refractivity contribution in [3.63, 3.8) is 0 Å². The van der Waals surface area contributed by atoms with Crippen LogP contribution in [0.4, 0.5) is 0 Å². The molecule has 0 heterocycles. The molecule has 0 aliphatic carbocycles. The fourth-order valence-corrected chi connectivity index (χ4v) is 4.42. The minimum absolute atomic E-state index is 0.0438. The highest BCUT2D eigenvalue weighted by molar-refractivity contribution is 5.69. The van der Waals surface area contributed by atoms with Crippen LogP contribution in [0.25, 0.3) is 0 Å². The van der Waals surface area contributed by atoms with E-state index in [0.29, 0.717) is 19.6 Å². The van der Waals surface area contributed by atoms with Gasteiger partial charge in [-0.15, -0.1) is 0 Å². The third-order valence-corrected chi connectivity index (χ3v) is 6.64. The number of hydrogen-bond acceptors (Lipinski definition) is 6. The van der Waals surface area contributed by atoms with E-state index in [1.165, 1.54) is 89.9 Å². The fraction of sp³-hybridized carbons (Fsp3) is 0.966. The van der Waals surface area contributed by atoms with E-state index >= 15 is 0 Å². The molecule has 0 rings (SSSR count). The molecule has 0 unspecified atom stereocenters. The summed E-state index contributed by atoms with van der Waals surface area (Å²) >= 11 is 0. The van der Waals surface area contributed by atoms with Crippen LogP contribution in [0.1, 0.15) is 135 Å². The monoisotopic (exact) mass is 501 g/mol. The van der Waals surface area contributed by atoms with E-state index in [2.05, 4.69) is 11.8 Å². The van der Waals surface area contributed by atoms with Gasteiger partial charge in [-0.1, -0.05) is 96.8 Å². The SMILES string of the molecule is CCCCCCCCCCCOC(=O)CCCCCN(CCO)CCCCCCCCCOCO. The minimum Gasteiger partial charge on any atom is -0.466 e. The molecule has 6 nitrogen and oxygen atoms in total. The van der Waals surface area contributed by atoms with Crippen molar-refractivity contribution >= 4 is 5.97 Å². The van der Waals surface area contributed by atoms with Gasteiger partial charge in [0.05, 0.1) is 13.2 Å². The molecule has 0 atom stereocenters. The number of carbonyl (C=O) groups excluding carboxylic acids is 1. The first-order valence-electron chi connectivity index (χ1n) is 14.9. The lowest BCUT2D eigenvalue weighted by Crippen LogP contribution is -2.29. The molecule has 0 aromatic carbocycles. The lowest BCUT2D eigenvalue weighted by atomic mass is 10.1. The van der Waals surface area contributed by atoms with Crippen molar-refractivity contribution in [2.45, 2.75) is 135 Å². The second-order valence-corrected chi connectivity index (χ2v) is 9.94. The van der Waals surface area contributed by atoms with Crippen LogP contribution in [-0.4, -0.2) is 67.3 Å². The maximum atomic E-state index is 11.9. The molecule has 210 valence electrons. The molecule has 0 amide bonds. The molecule has 0 aliphatic rings. The Morgan fingerprint density at radius 2 is 1.09 bits per heavy atom. The quantitative estimate of drug-likeness (QED) is 0.0682. The zero-order chi connectivity index (χ0) is 25.7. The van der Waals surface area contributed by atoms with Crippen molar-refractivity contribution in [2.75, 3.05) is 46.2 Å². The van der Waals surface area contributed by atoms with Crippen molar-refractivity contribution in [3.05, 3.63) is 0 Å². The third-order valence-electron chi connectivity index (χ3n) is 6.64. The highest BCUT2D eigenvalue weighted by atomic mass is 16.6. The van der Waals surface area contributed by atoms with Crippen LogP contribution in [0.2, 0.25) is 0 Å². The van der Waals surface area contributed by atoms with Crippen LogP contribution in [0, 0.1) is 0 Å². The fourth-order valence-electron chi connectivity index (χ4n) is 4.42. The smallest absolute Gasteiger partial charge is 0.305 e. The molecule has 0 bridgehead atoms. The maximum absolute atomic E-state index is 11.9. The number of hydrogen-bond donors (Lipinski definition) is 2. The number of rotatable bonds is 29. The number of aliphatic hydroxyl groups is 2. The summed E-state index contributed by atoms with van der Waals surface area (Å²) < 4.78 is 10.3. The van der Waals surface area contributed by atoms with Gasteiger partial charge >= 0.3 is 5.97 Å². The van der Waals surface area contributed by atoms with Crippen molar-refractivity contribution in [3.8, 4) is 0 Å². The summed E-state index contributed by atoms with van der Waals surface area (Å²) in [5.41, 5.74) is 0. The van der Waals surface area contributed by atoms with Crippen LogP contribution >= 0.6 is 0 Å². The normalized spacial score (nSPS) is 11.4. The average molecular weight is 502 g/mol. The Labute approximate surface area is 217 Å². The van der Waals surface area contributed by atoms with E-state index in [9.17, 15) is 9.90 Å². The van der Waals surface area contributed by atoms with Gasteiger partial charge in [0.1, 0.15) is 6.79 Å². The largest absolute Gasteiger partial charge is 0.466 e. The van der Waals surface area contributed by atoms with Crippen molar-refractivity contribution in [1.29, 1.82) is 0 Å². The Hall–Kier alpha value is -0.690. The van der Waals surface area contributed by atoms with Gasteiger partial charge in [-0.05, 0) is 45.2 Å². The summed E-state index contributed by atoms with van der Waals surface area (Å²) in [4.78, 5) is 14.3. The molecule has 0 fully saturated rings. The summed E-state index contributed by atoms with van der Waals surface area (Å²) in [6, 6.07) is 0. The van der Waals surface area contributed by atoms with Gasteiger partial charge in [0.25, 0.3) is 0 Å². The van der Waals surface area contributed by atoms with Crippen LogP contribution < -0.4 is 0 Å². The number of unbranched alkanes of at least 4 members (excludes halogenated alkanes) is 16. The third kappa shape index (κ3) is 27.7. The Bertz CT molecular complexity index is 422. The molecule has 2 N–H and O–H groups in total. The van der Waals surface area contributed by atoms with Gasteiger partial charge in [0.15, 0.2) is 0 Å². The highest BCUT2D eigenvalue weighted by Crippen LogP contribution is 2.11. The van der Waals surface area contributed by atoms with E-state index in [4.69, 9.17) is 14.6 Å². The van der Waals surface area contributed by atoms with Crippen LogP contribution in [0.5, 0.6) is 0 Å². The summed E-state index contributed by atoms with van der Waals surface area (Å²) in [6.45, 7) is 6.32. The predicted octanol–water partition coefficient (Wildman–Crippen LogP) is 6.61. The Morgan fingerprint density at radius 3 is 1.63 bits per heavy atom. The lowest BCUT2D eigenvalue weighted by Gasteiger charge is -2.21. The van der Waals surface area contributed by atoms with Gasteiger partial charge in [-0.3, -0.25) is 4.79 Å². The van der Waals surface area contributed by atoms with Crippen LogP contribution in [-0.2, 0) is 14.3 Å². The molecule has 0 saturated carbocycles. The molecule has 6 heteroatoms. The van der Waals surface area contributed by atoms with Crippen molar-refractivity contribution < 1.29 is 24.5 Å². The molecule has 0 aromatic heterocycles. The topological polar surface area (TPSA) is 79.2 Å². The van der Waals surface area contributed by atoms with Crippen LogP contribution in [0.3, 0.4) is 0 Å². The molecule has 35 heavy (non-hydrogen) atoms. The summed E-state index contributed by atoms with van der Waals surface area (Å²) in [7, 11) is 0. The molecular formula is C29H59NO5. The van der Waals surface area contributed by atoms with E-state index in [-0.39, 0.29) is 19.4 Å². The summed E-state index contributed by atoms with van der Waals surface area (Å²) in [5.74, 6) is -0.0438. The zero-order valence-electron chi connectivity index (χ0n) is 23.2. The molecule has 0 saturated heterocycles. The molecule has 0 aliphatic heterocycles. The molecule has 0 spiro atoms. The zero-order valence-corrected chi connectivity index (χ0v) is 23.2. The second-order valence-electron chi connectivity index (χ2n) is 9.94. The van der Waals surface area contributed by atoms with Gasteiger partial charge in [0, 0.05) is 19.6 Å². The first kappa shape index (κ1) is 34.3. The van der Waals surface area contributed by atoms with E-state index < -0.39 is 0 Å². The maximum Gasteiger partial charge on any atom is 0.305 e. The Balaban J connectivity index is 3.50. The predicted molar refractivity (Wildman–Crippen MR) is 146 cm³/mol. The number of ether oxygens (including phenoxy) is 2. The van der Waals surface area contributed by atoms with Crippen LogP contribution in [0.15, 0.2) is 0 Å². The first-order chi connectivity index (χ1) is 17.2. The van der Waals surface area contributed by atoms with E-state index in [1.807, 2.05) is 0 Å². The Kier molecular flexibility index (Phi) is 29.0. The average Bonchev–Trinajstić information content (AvgIpc) is 2.86. The van der Waals surface area contributed by atoms with E-state index in [1.54, 1.807) is 0 Å². The molecular weight excluding hydrogens is 442 g/mol. The Morgan fingerprint density at radius 1 is 0.600 bits per heavy atom. The molecule has 0 radical (unpaired) electrons. The van der Waals surface area contributed by atoms with Gasteiger partial charge in [-0.25, -0.2) is 0 Å². The minimum atomic E-state index is -0.170. The number of carbonyl (C=O) groups is 1. The lowest BCUT2D eigenvalue weighted by molar-refractivity contribution is -0.143. The number of aliphatic hydroxyl groups excluding tert-OH is 2. The number of esters is 1. The van der Waals surface area contributed by atoms with Crippen molar-refractivity contribution in [1.82, 2.24) is 4.90 Å². The highest BCUT2D eigenvalue weighted by Gasteiger charge is 2.06. The van der Waals surface area contributed by atoms with Gasteiger partial charge < -0.3 is 24.6 Å². The first-order valence-corrected chi connectivity index (χ1v) is 14.9.